The number of amides is 3. The van der Waals surface area contributed by atoms with Crippen molar-refractivity contribution in [3.05, 3.63) is 0 Å². The molecule has 1 saturated heterocycles. The maximum Gasteiger partial charge on any atom is 0.317 e. The van der Waals surface area contributed by atoms with Gasteiger partial charge in [0.05, 0.1) is 0 Å². The minimum absolute atomic E-state index is 0.179. The first-order chi connectivity index (χ1) is 5.61. The fourth-order valence-electron chi connectivity index (χ4n) is 0.728. The largest absolute Gasteiger partial charge is 0.331 e. The predicted molar refractivity (Wildman–Crippen MR) is 40.1 cm³/mol. The van der Waals surface area contributed by atoms with E-state index in [1.54, 1.807) is 14.1 Å². The van der Waals surface area contributed by atoms with E-state index in [1.165, 1.54) is 4.90 Å². The van der Waals surface area contributed by atoms with Crippen molar-refractivity contribution in [3.63, 3.8) is 0 Å². The van der Waals surface area contributed by atoms with Crippen molar-refractivity contribution in [2.45, 2.75) is 6.04 Å². The minimum atomic E-state index is -0.570. The van der Waals surface area contributed by atoms with Crippen LogP contribution in [-0.2, 0) is 9.63 Å². The van der Waals surface area contributed by atoms with Crippen molar-refractivity contribution >= 4 is 11.9 Å². The van der Waals surface area contributed by atoms with Gasteiger partial charge in [0.15, 0.2) is 0 Å². The zero-order chi connectivity index (χ0) is 9.14. The SMILES string of the molecule is CN(C)C(=O)NC1CONC1=O. The summed E-state index contributed by atoms with van der Waals surface area (Å²) in [4.78, 5) is 27.9. The number of hydrogen-bond donors (Lipinski definition) is 2. The molecule has 0 aromatic heterocycles. The van der Waals surface area contributed by atoms with Crippen LogP contribution in [0.1, 0.15) is 0 Å². The Kier molecular flexibility index (Phi) is 2.49. The van der Waals surface area contributed by atoms with Crippen LogP contribution < -0.4 is 10.8 Å². The van der Waals surface area contributed by atoms with Crippen molar-refractivity contribution < 1.29 is 14.4 Å². The normalized spacial score (nSPS) is 21.8. The third-order valence-corrected chi connectivity index (χ3v) is 1.44. The third-order valence-electron chi connectivity index (χ3n) is 1.44. The molecule has 0 spiro atoms. The molecule has 68 valence electrons. The first-order valence-corrected chi connectivity index (χ1v) is 3.50. The van der Waals surface area contributed by atoms with Crippen LogP contribution in [-0.4, -0.2) is 43.6 Å². The van der Waals surface area contributed by atoms with E-state index in [2.05, 4.69) is 15.6 Å². The standard InChI is InChI=1S/C6H11N3O3/c1-9(2)6(11)7-4-3-12-8-5(4)10/h4H,3H2,1-2H3,(H,7,11)(H,8,10). The number of hydroxylamine groups is 1. The van der Waals surface area contributed by atoms with Crippen LogP contribution in [0.15, 0.2) is 0 Å². The van der Waals surface area contributed by atoms with Crippen LogP contribution in [0.4, 0.5) is 4.79 Å². The Morgan fingerprint density at radius 2 is 2.42 bits per heavy atom. The first kappa shape index (κ1) is 8.79. The number of nitrogens with zero attached hydrogens (tertiary/aromatic N) is 1. The van der Waals surface area contributed by atoms with Gasteiger partial charge in [0.2, 0.25) is 0 Å². The molecule has 0 aromatic rings. The van der Waals surface area contributed by atoms with Crippen molar-refractivity contribution in [2.24, 2.45) is 0 Å². The molecule has 12 heavy (non-hydrogen) atoms. The summed E-state index contributed by atoms with van der Waals surface area (Å²) in [7, 11) is 3.20. The second kappa shape index (κ2) is 3.40. The molecular formula is C6H11N3O3. The average Bonchev–Trinajstić information content (AvgIpc) is 2.36. The molecule has 1 rings (SSSR count). The van der Waals surface area contributed by atoms with Crippen LogP contribution in [0.2, 0.25) is 0 Å². The lowest BCUT2D eigenvalue weighted by Crippen LogP contribution is -2.46. The highest BCUT2D eigenvalue weighted by Crippen LogP contribution is 1.94. The predicted octanol–water partition coefficient (Wildman–Crippen LogP) is -1.31. The minimum Gasteiger partial charge on any atom is -0.331 e. The van der Waals surface area contributed by atoms with Gasteiger partial charge < -0.3 is 10.2 Å². The number of nitrogens with one attached hydrogen (secondary N) is 2. The van der Waals surface area contributed by atoms with E-state index in [1.807, 2.05) is 0 Å². The van der Waals surface area contributed by atoms with Crippen molar-refractivity contribution in [1.29, 1.82) is 0 Å². The topological polar surface area (TPSA) is 70.7 Å². The number of rotatable bonds is 1. The molecule has 1 aliphatic rings. The molecule has 6 nitrogen and oxygen atoms in total. The molecule has 1 aliphatic heterocycles. The highest BCUT2D eigenvalue weighted by Gasteiger charge is 2.27. The zero-order valence-electron chi connectivity index (χ0n) is 6.96. The van der Waals surface area contributed by atoms with E-state index in [0.29, 0.717) is 0 Å². The Labute approximate surface area is 69.8 Å². The number of hydrogen-bond acceptors (Lipinski definition) is 3. The fraction of sp³-hybridized carbons (Fsp3) is 0.667. The van der Waals surface area contributed by atoms with Crippen LogP contribution >= 0.6 is 0 Å². The maximum absolute atomic E-state index is 11.0. The molecule has 1 atom stereocenters. The fourth-order valence-corrected chi connectivity index (χ4v) is 0.728. The van der Waals surface area contributed by atoms with Crippen molar-refractivity contribution in [1.82, 2.24) is 15.7 Å². The van der Waals surface area contributed by atoms with Gasteiger partial charge in [0.1, 0.15) is 12.6 Å². The first-order valence-electron chi connectivity index (χ1n) is 3.50. The van der Waals surface area contributed by atoms with Gasteiger partial charge in [-0.2, -0.15) is 0 Å². The molecule has 2 N–H and O–H groups in total. The third kappa shape index (κ3) is 1.85. The summed E-state index contributed by atoms with van der Waals surface area (Å²) in [6, 6.07) is -0.874. The summed E-state index contributed by atoms with van der Waals surface area (Å²) < 4.78 is 0. The Morgan fingerprint density at radius 1 is 1.75 bits per heavy atom. The summed E-state index contributed by atoms with van der Waals surface area (Å²) in [6.07, 6.45) is 0. The van der Waals surface area contributed by atoms with Gasteiger partial charge in [-0.25, -0.2) is 10.3 Å². The summed E-state index contributed by atoms with van der Waals surface area (Å²) in [5.41, 5.74) is 2.14. The van der Waals surface area contributed by atoms with Gasteiger partial charge in [0.25, 0.3) is 5.91 Å². The molecule has 0 aliphatic carbocycles. The summed E-state index contributed by atoms with van der Waals surface area (Å²) in [6.45, 7) is 0.179. The van der Waals surface area contributed by atoms with Crippen LogP contribution in [0.5, 0.6) is 0 Å². The number of carbonyl (C=O) groups is 2. The molecular weight excluding hydrogens is 162 g/mol. The van der Waals surface area contributed by atoms with Gasteiger partial charge in [-0.1, -0.05) is 0 Å². The van der Waals surface area contributed by atoms with E-state index in [-0.39, 0.29) is 18.5 Å². The second-order valence-electron chi connectivity index (χ2n) is 2.67. The van der Waals surface area contributed by atoms with Gasteiger partial charge in [-0.05, 0) is 0 Å². The Bertz CT molecular complexity index is 204. The lowest BCUT2D eigenvalue weighted by atomic mass is 10.3. The molecule has 1 unspecified atom stereocenters. The van der Waals surface area contributed by atoms with Crippen molar-refractivity contribution in [2.75, 3.05) is 20.7 Å². The smallest absolute Gasteiger partial charge is 0.317 e. The quantitative estimate of drug-likeness (QED) is 0.517. The van der Waals surface area contributed by atoms with E-state index < -0.39 is 6.04 Å². The molecule has 0 radical (unpaired) electrons. The maximum atomic E-state index is 11.0. The monoisotopic (exact) mass is 173 g/mol. The lowest BCUT2D eigenvalue weighted by Gasteiger charge is -2.13. The molecule has 3 amide bonds. The molecule has 0 bridgehead atoms. The second-order valence-corrected chi connectivity index (χ2v) is 2.67. The van der Waals surface area contributed by atoms with Gasteiger partial charge in [0, 0.05) is 14.1 Å². The van der Waals surface area contributed by atoms with E-state index in [0.717, 1.165) is 0 Å². The number of carbonyl (C=O) groups excluding carboxylic acids is 2. The Balaban J connectivity index is 2.40. The van der Waals surface area contributed by atoms with E-state index in [9.17, 15) is 9.59 Å². The van der Waals surface area contributed by atoms with E-state index >= 15 is 0 Å². The summed E-state index contributed by atoms with van der Waals surface area (Å²) in [5, 5.41) is 2.48. The number of urea groups is 1. The molecule has 1 heterocycles. The molecule has 6 heteroatoms. The van der Waals surface area contributed by atoms with Crippen LogP contribution in [0, 0.1) is 0 Å². The van der Waals surface area contributed by atoms with Crippen LogP contribution in [0.25, 0.3) is 0 Å². The van der Waals surface area contributed by atoms with Gasteiger partial charge in [-0.3, -0.25) is 9.63 Å². The molecule has 0 aromatic carbocycles. The zero-order valence-corrected chi connectivity index (χ0v) is 6.96. The average molecular weight is 173 g/mol. The van der Waals surface area contributed by atoms with Crippen molar-refractivity contribution in [3.8, 4) is 0 Å². The lowest BCUT2D eigenvalue weighted by molar-refractivity contribution is -0.125. The highest BCUT2D eigenvalue weighted by atomic mass is 16.7. The molecule has 0 saturated carbocycles. The van der Waals surface area contributed by atoms with E-state index in [4.69, 9.17) is 0 Å². The Morgan fingerprint density at radius 3 is 2.83 bits per heavy atom. The summed E-state index contributed by atoms with van der Waals surface area (Å²) >= 11 is 0. The molecule has 1 fully saturated rings. The Hall–Kier alpha value is -1.30. The van der Waals surface area contributed by atoms with Crippen LogP contribution in [0.3, 0.4) is 0 Å². The van der Waals surface area contributed by atoms with Gasteiger partial charge >= 0.3 is 6.03 Å². The highest BCUT2D eigenvalue weighted by molar-refractivity contribution is 5.87. The van der Waals surface area contributed by atoms with Gasteiger partial charge in [-0.15, -0.1) is 0 Å². The summed E-state index contributed by atoms with van der Waals surface area (Å²) in [5.74, 6) is -0.315.